The van der Waals surface area contributed by atoms with Crippen LogP contribution in [0.5, 0.6) is 5.75 Å². The molecule has 1 aromatic carbocycles. The Morgan fingerprint density at radius 2 is 2.00 bits per heavy atom. The van der Waals surface area contributed by atoms with E-state index in [1.807, 2.05) is 13.8 Å². The fourth-order valence-corrected chi connectivity index (χ4v) is 2.41. The average Bonchev–Trinajstić information content (AvgIpc) is 2.77. The molecule has 0 amide bonds. The molecule has 6 heteroatoms. The first kappa shape index (κ1) is 15.4. The number of ether oxygens (including phenoxy) is 1. The molecule has 1 aromatic heterocycles. The summed E-state index contributed by atoms with van der Waals surface area (Å²) in [5.74, 6) is -0.308. The van der Waals surface area contributed by atoms with Gasteiger partial charge in [0.25, 0.3) is 0 Å². The zero-order valence-electron chi connectivity index (χ0n) is 12.0. The van der Waals surface area contributed by atoms with Gasteiger partial charge in [-0.25, -0.2) is 9.48 Å². The summed E-state index contributed by atoms with van der Waals surface area (Å²) in [7, 11) is 0. The van der Waals surface area contributed by atoms with Crippen LogP contribution in [-0.4, -0.2) is 27.5 Å². The highest BCUT2D eigenvalue weighted by molar-refractivity contribution is 6.32. The molecule has 0 aliphatic rings. The lowest BCUT2D eigenvalue weighted by molar-refractivity contribution is 0.0696. The minimum Gasteiger partial charge on any atom is -0.494 e. The zero-order valence-corrected chi connectivity index (χ0v) is 12.7. The van der Waals surface area contributed by atoms with Crippen LogP contribution in [0, 0.1) is 0 Å². The van der Waals surface area contributed by atoms with Gasteiger partial charge in [-0.15, -0.1) is 0 Å². The van der Waals surface area contributed by atoms with Gasteiger partial charge in [0, 0.05) is 0 Å². The highest BCUT2D eigenvalue weighted by Crippen LogP contribution is 2.25. The number of aromatic carboxylic acids is 1. The van der Waals surface area contributed by atoms with Crippen molar-refractivity contribution in [3.05, 3.63) is 40.7 Å². The maximum atomic E-state index is 11.3. The van der Waals surface area contributed by atoms with Crippen molar-refractivity contribution in [3.63, 3.8) is 0 Å². The summed E-state index contributed by atoms with van der Waals surface area (Å²) >= 11 is 6.18. The molecule has 0 bridgehead atoms. The molecule has 2 aromatic rings. The third kappa shape index (κ3) is 3.19. The normalized spacial score (nSPS) is 10.6. The molecule has 21 heavy (non-hydrogen) atoms. The Morgan fingerprint density at radius 3 is 2.52 bits per heavy atom. The molecule has 5 nitrogen and oxygen atoms in total. The van der Waals surface area contributed by atoms with Gasteiger partial charge in [0.05, 0.1) is 18.0 Å². The Hall–Kier alpha value is -2.01. The predicted octanol–water partition coefficient (Wildman–Crippen LogP) is 3.58. The lowest BCUT2D eigenvalue weighted by Gasteiger charge is -2.06. The van der Waals surface area contributed by atoms with E-state index in [-0.39, 0.29) is 10.7 Å². The molecule has 0 radical (unpaired) electrons. The van der Waals surface area contributed by atoms with Crippen molar-refractivity contribution in [2.24, 2.45) is 0 Å². The van der Waals surface area contributed by atoms with E-state index in [0.717, 1.165) is 12.2 Å². The second-order valence-electron chi connectivity index (χ2n) is 4.51. The van der Waals surface area contributed by atoms with Crippen LogP contribution >= 0.6 is 11.6 Å². The van der Waals surface area contributed by atoms with E-state index in [0.29, 0.717) is 24.4 Å². The highest BCUT2D eigenvalue weighted by Gasteiger charge is 2.22. The van der Waals surface area contributed by atoms with Crippen LogP contribution in [0.2, 0.25) is 5.15 Å². The molecule has 0 saturated heterocycles. The largest absolute Gasteiger partial charge is 0.494 e. The van der Waals surface area contributed by atoms with Gasteiger partial charge in [0.1, 0.15) is 16.5 Å². The molecule has 0 atom stereocenters. The Bertz CT molecular complexity index is 635. The second-order valence-corrected chi connectivity index (χ2v) is 4.86. The van der Waals surface area contributed by atoms with Gasteiger partial charge in [0.15, 0.2) is 0 Å². The summed E-state index contributed by atoms with van der Waals surface area (Å²) in [5, 5.41) is 13.7. The minimum atomic E-state index is -1.05. The van der Waals surface area contributed by atoms with Crippen molar-refractivity contribution in [3.8, 4) is 11.4 Å². The Labute approximate surface area is 128 Å². The van der Waals surface area contributed by atoms with Gasteiger partial charge in [-0.05, 0) is 37.6 Å². The summed E-state index contributed by atoms with van der Waals surface area (Å²) in [6, 6.07) is 7.20. The van der Waals surface area contributed by atoms with Gasteiger partial charge in [-0.3, -0.25) is 0 Å². The maximum absolute atomic E-state index is 11.3. The number of carbonyl (C=O) groups is 1. The topological polar surface area (TPSA) is 64.4 Å². The Kier molecular flexibility index (Phi) is 4.85. The van der Waals surface area contributed by atoms with Crippen molar-refractivity contribution >= 4 is 17.6 Å². The van der Waals surface area contributed by atoms with Crippen LogP contribution in [0.3, 0.4) is 0 Å². The van der Waals surface area contributed by atoms with Crippen LogP contribution in [0.4, 0.5) is 0 Å². The van der Waals surface area contributed by atoms with Crippen LogP contribution in [0.25, 0.3) is 5.69 Å². The van der Waals surface area contributed by atoms with Gasteiger partial charge >= 0.3 is 5.97 Å². The number of carboxylic acid groups (broad SMARTS) is 1. The van der Waals surface area contributed by atoms with Crippen LogP contribution in [0.1, 0.15) is 36.3 Å². The quantitative estimate of drug-likeness (QED) is 0.886. The molecule has 0 unspecified atom stereocenters. The molecule has 0 spiro atoms. The van der Waals surface area contributed by atoms with Gasteiger partial charge in [-0.2, -0.15) is 5.10 Å². The van der Waals surface area contributed by atoms with Gasteiger partial charge < -0.3 is 9.84 Å². The number of benzene rings is 1. The Balaban J connectivity index is 2.43. The van der Waals surface area contributed by atoms with Gasteiger partial charge in [0.2, 0.25) is 0 Å². The molecule has 112 valence electrons. The van der Waals surface area contributed by atoms with E-state index >= 15 is 0 Å². The number of aryl methyl sites for hydroxylation is 1. The number of halogens is 1. The van der Waals surface area contributed by atoms with Crippen molar-refractivity contribution in [2.45, 2.75) is 26.7 Å². The summed E-state index contributed by atoms with van der Waals surface area (Å²) in [5.41, 5.74) is 1.28. The number of hydrogen-bond acceptors (Lipinski definition) is 3. The van der Waals surface area contributed by atoms with Crippen LogP contribution < -0.4 is 4.74 Å². The van der Waals surface area contributed by atoms with E-state index in [4.69, 9.17) is 16.3 Å². The van der Waals surface area contributed by atoms with Gasteiger partial charge in [-0.1, -0.05) is 24.9 Å². The van der Waals surface area contributed by atoms with E-state index in [9.17, 15) is 9.90 Å². The lowest BCUT2D eigenvalue weighted by Crippen LogP contribution is -2.00. The number of nitrogens with zero attached hydrogens (tertiary/aromatic N) is 2. The average molecular weight is 309 g/mol. The molecule has 1 heterocycles. The Morgan fingerprint density at radius 1 is 1.33 bits per heavy atom. The predicted molar refractivity (Wildman–Crippen MR) is 80.7 cm³/mol. The fraction of sp³-hybridized carbons (Fsp3) is 0.333. The number of carboxylic acids is 1. The standard InChI is InChI=1S/C15H17ClN2O3/c1-3-5-12-13(15(19)20)14(16)18(17-12)10-6-8-11(9-7-10)21-4-2/h6-9H,3-5H2,1-2H3,(H,19,20). The number of rotatable bonds is 6. The first-order valence-electron chi connectivity index (χ1n) is 6.82. The van der Waals surface area contributed by atoms with Crippen molar-refractivity contribution in [2.75, 3.05) is 6.61 Å². The molecule has 0 aliphatic heterocycles. The number of aromatic nitrogens is 2. The highest BCUT2D eigenvalue weighted by atomic mass is 35.5. The van der Waals surface area contributed by atoms with E-state index in [2.05, 4.69) is 5.10 Å². The molecule has 2 rings (SSSR count). The smallest absolute Gasteiger partial charge is 0.340 e. The van der Waals surface area contributed by atoms with Crippen LogP contribution in [0.15, 0.2) is 24.3 Å². The SMILES string of the molecule is CCCc1nn(-c2ccc(OCC)cc2)c(Cl)c1C(=O)O. The molecule has 0 saturated carbocycles. The van der Waals surface area contributed by atoms with Crippen molar-refractivity contribution in [1.29, 1.82) is 0 Å². The number of hydrogen-bond donors (Lipinski definition) is 1. The fourth-order valence-electron chi connectivity index (χ4n) is 2.08. The minimum absolute atomic E-state index is 0.0763. The molecule has 0 aliphatic carbocycles. The second kappa shape index (κ2) is 6.63. The van der Waals surface area contributed by atoms with E-state index in [1.165, 1.54) is 4.68 Å². The molecule has 0 fully saturated rings. The summed E-state index contributed by atoms with van der Waals surface area (Å²) < 4.78 is 6.83. The first-order chi connectivity index (χ1) is 10.1. The summed E-state index contributed by atoms with van der Waals surface area (Å²) in [6.45, 7) is 4.47. The zero-order chi connectivity index (χ0) is 15.4. The third-order valence-electron chi connectivity index (χ3n) is 2.99. The summed E-state index contributed by atoms with van der Waals surface area (Å²) in [6.07, 6.45) is 1.38. The van der Waals surface area contributed by atoms with E-state index < -0.39 is 5.97 Å². The summed E-state index contributed by atoms with van der Waals surface area (Å²) in [4.78, 5) is 11.3. The van der Waals surface area contributed by atoms with Crippen molar-refractivity contribution in [1.82, 2.24) is 9.78 Å². The monoisotopic (exact) mass is 308 g/mol. The van der Waals surface area contributed by atoms with Crippen LogP contribution in [-0.2, 0) is 6.42 Å². The first-order valence-corrected chi connectivity index (χ1v) is 7.20. The molecular formula is C15H17ClN2O3. The maximum Gasteiger partial charge on any atom is 0.340 e. The third-order valence-corrected chi connectivity index (χ3v) is 3.34. The molecule has 1 N–H and O–H groups in total. The van der Waals surface area contributed by atoms with E-state index in [1.54, 1.807) is 24.3 Å². The lowest BCUT2D eigenvalue weighted by atomic mass is 10.2. The molecular weight excluding hydrogens is 292 g/mol. The van der Waals surface area contributed by atoms with Crippen molar-refractivity contribution < 1.29 is 14.6 Å².